The summed E-state index contributed by atoms with van der Waals surface area (Å²) < 4.78 is 43.4. The van der Waals surface area contributed by atoms with Crippen LogP contribution in [0.2, 0.25) is 0 Å². The van der Waals surface area contributed by atoms with Crippen LogP contribution in [0.3, 0.4) is 0 Å². The second kappa shape index (κ2) is 10.5. The van der Waals surface area contributed by atoms with E-state index < -0.39 is 23.3 Å². The van der Waals surface area contributed by atoms with Crippen molar-refractivity contribution in [1.82, 2.24) is 15.0 Å². The fourth-order valence-electron chi connectivity index (χ4n) is 3.35. The number of H-pyrrole nitrogens is 1. The Morgan fingerprint density at radius 3 is 2.74 bits per heavy atom. The van der Waals surface area contributed by atoms with E-state index in [2.05, 4.69) is 15.0 Å². The molecule has 162 valence electrons. The number of nitrogens with zero attached hydrogens (tertiary/aromatic N) is 2. The molecule has 0 amide bonds. The molecule has 1 aromatic carbocycles. The van der Waals surface area contributed by atoms with Crippen LogP contribution in [0.25, 0.3) is 11.0 Å². The number of imidazole rings is 1. The van der Waals surface area contributed by atoms with Gasteiger partial charge in [-0.05, 0) is 32.4 Å². The molecule has 1 saturated heterocycles. The maximum absolute atomic E-state index is 13.6. The minimum Gasteiger partial charge on any atom is -1.00 e. The van der Waals surface area contributed by atoms with Gasteiger partial charge in [0, 0.05) is 17.3 Å². The van der Waals surface area contributed by atoms with Crippen molar-refractivity contribution >= 4 is 21.8 Å². The number of hydrogen-bond donors (Lipinski definition) is 1. The van der Waals surface area contributed by atoms with E-state index in [1.807, 2.05) is 38.1 Å². The SMILES string of the molecule is Cc1cnc(CS(=O)c2nc3ccccc3[nH]2)c(C)c1OCC1(CF)OCCCO1.[H-].[Na+]. The van der Waals surface area contributed by atoms with Gasteiger partial charge in [-0.1, -0.05) is 12.1 Å². The van der Waals surface area contributed by atoms with Crippen molar-refractivity contribution in [2.45, 2.75) is 37.0 Å². The molecule has 3 heterocycles. The normalized spacial score (nSPS) is 16.6. The van der Waals surface area contributed by atoms with Crippen molar-refractivity contribution in [2.24, 2.45) is 0 Å². The molecule has 3 aromatic rings. The molecule has 0 aliphatic carbocycles. The van der Waals surface area contributed by atoms with Gasteiger partial charge in [-0.2, -0.15) is 0 Å². The molecule has 4 rings (SSSR count). The van der Waals surface area contributed by atoms with Crippen molar-refractivity contribution in [3.05, 3.63) is 47.3 Å². The fraction of sp³-hybridized carbons (Fsp3) is 0.429. The number of nitrogens with one attached hydrogen (secondary N) is 1. The number of fused-ring (bicyclic) bond motifs is 1. The molecule has 0 saturated carbocycles. The molecule has 1 aliphatic rings. The Bertz CT molecular complexity index is 1050. The van der Waals surface area contributed by atoms with Crippen LogP contribution in [0, 0.1) is 13.8 Å². The molecular formula is C21H25FN3NaO4S. The van der Waals surface area contributed by atoms with E-state index in [-0.39, 0.29) is 43.3 Å². The minimum absolute atomic E-state index is 0. The molecule has 31 heavy (non-hydrogen) atoms. The number of ether oxygens (including phenoxy) is 3. The van der Waals surface area contributed by atoms with E-state index in [0.717, 1.165) is 28.6 Å². The Morgan fingerprint density at radius 1 is 1.29 bits per heavy atom. The first kappa shape index (κ1) is 24.3. The van der Waals surface area contributed by atoms with Gasteiger partial charge in [0.15, 0.2) is 5.16 Å². The molecule has 1 N–H and O–H groups in total. The largest absolute Gasteiger partial charge is 1.00 e. The number of aromatic amines is 1. The van der Waals surface area contributed by atoms with E-state index in [4.69, 9.17) is 14.2 Å². The van der Waals surface area contributed by atoms with Crippen molar-refractivity contribution in [3.63, 3.8) is 0 Å². The van der Waals surface area contributed by atoms with Crippen LogP contribution in [0.4, 0.5) is 4.39 Å². The zero-order valence-electron chi connectivity index (χ0n) is 18.9. The summed E-state index contributed by atoms with van der Waals surface area (Å²) in [5.74, 6) is -0.617. The van der Waals surface area contributed by atoms with E-state index in [0.29, 0.717) is 29.8 Å². The van der Waals surface area contributed by atoms with Crippen LogP contribution >= 0.6 is 0 Å². The Balaban J connectivity index is 0.00000181. The first-order valence-electron chi connectivity index (χ1n) is 9.76. The van der Waals surface area contributed by atoms with Gasteiger partial charge in [0.25, 0.3) is 0 Å². The van der Waals surface area contributed by atoms with Gasteiger partial charge in [-0.15, -0.1) is 0 Å². The summed E-state index contributed by atoms with van der Waals surface area (Å²) in [5, 5.41) is 0.404. The van der Waals surface area contributed by atoms with Crippen LogP contribution in [-0.2, 0) is 26.0 Å². The van der Waals surface area contributed by atoms with Crippen molar-refractivity contribution in [3.8, 4) is 5.75 Å². The molecule has 0 bridgehead atoms. The molecule has 7 nitrogen and oxygen atoms in total. The second-order valence-corrected chi connectivity index (χ2v) is 8.64. The molecular weight excluding hydrogens is 432 g/mol. The van der Waals surface area contributed by atoms with Crippen LogP contribution in [0.5, 0.6) is 5.75 Å². The average molecular weight is 458 g/mol. The summed E-state index contributed by atoms with van der Waals surface area (Å²) in [5.41, 5.74) is 3.79. The molecule has 1 unspecified atom stereocenters. The topological polar surface area (TPSA) is 86.3 Å². The van der Waals surface area contributed by atoms with Gasteiger partial charge in [-0.25, -0.2) is 9.37 Å². The monoisotopic (exact) mass is 457 g/mol. The average Bonchev–Trinajstić information content (AvgIpc) is 3.21. The smallest absolute Gasteiger partial charge is 1.00 e. The van der Waals surface area contributed by atoms with E-state index in [9.17, 15) is 8.60 Å². The third kappa shape index (κ3) is 5.35. The summed E-state index contributed by atoms with van der Waals surface area (Å²) in [6, 6.07) is 7.53. The van der Waals surface area contributed by atoms with Gasteiger partial charge in [-0.3, -0.25) is 9.19 Å². The van der Waals surface area contributed by atoms with E-state index in [1.165, 1.54) is 0 Å². The second-order valence-electron chi connectivity index (χ2n) is 7.27. The first-order valence-corrected chi connectivity index (χ1v) is 11.1. The summed E-state index contributed by atoms with van der Waals surface area (Å²) >= 11 is 0. The first-order chi connectivity index (χ1) is 14.5. The predicted molar refractivity (Wildman–Crippen MR) is 112 cm³/mol. The molecule has 1 aliphatic heterocycles. The molecule has 0 spiro atoms. The van der Waals surface area contributed by atoms with Crippen LogP contribution in [0.15, 0.2) is 35.6 Å². The number of alkyl halides is 1. The summed E-state index contributed by atoms with van der Waals surface area (Å²) in [6.07, 6.45) is 2.39. The third-order valence-corrected chi connectivity index (χ3v) is 6.22. The maximum atomic E-state index is 13.6. The summed E-state index contributed by atoms with van der Waals surface area (Å²) in [6.45, 7) is 3.72. The van der Waals surface area contributed by atoms with E-state index >= 15 is 0 Å². The number of pyridine rings is 1. The molecule has 2 aromatic heterocycles. The predicted octanol–water partition coefficient (Wildman–Crippen LogP) is 0.481. The number of para-hydroxylation sites is 2. The van der Waals surface area contributed by atoms with E-state index in [1.54, 1.807) is 6.20 Å². The van der Waals surface area contributed by atoms with Gasteiger partial charge < -0.3 is 20.6 Å². The molecule has 1 atom stereocenters. The van der Waals surface area contributed by atoms with Gasteiger partial charge in [0.1, 0.15) is 19.0 Å². The molecule has 1 fully saturated rings. The Hall–Kier alpha value is -1.36. The van der Waals surface area contributed by atoms with Crippen LogP contribution in [0.1, 0.15) is 24.7 Å². The Morgan fingerprint density at radius 2 is 2.03 bits per heavy atom. The standard InChI is InChI=1S/C21H24FN3O4S.Na.H/c1-14-10-23-18(11-30(26)20-24-16-6-3-4-7-17(16)25-20)15(2)19(14)27-13-21(12-22)28-8-5-9-29-21;;/h3-4,6-7,10H,5,8-9,11-13H2,1-2H3,(H,24,25);;/q;+1;-1. The maximum Gasteiger partial charge on any atom is 1.00 e. The number of aryl methyl sites for hydroxylation is 1. The van der Waals surface area contributed by atoms with Crippen molar-refractivity contribution < 1.29 is 53.8 Å². The number of hydrogen-bond acceptors (Lipinski definition) is 6. The zero-order chi connectivity index (χ0) is 21.1. The molecule has 0 radical (unpaired) electrons. The van der Waals surface area contributed by atoms with Gasteiger partial charge in [0.05, 0.1) is 46.5 Å². The van der Waals surface area contributed by atoms with Gasteiger partial charge >= 0.3 is 29.6 Å². The number of rotatable bonds is 7. The van der Waals surface area contributed by atoms with Crippen molar-refractivity contribution in [1.29, 1.82) is 0 Å². The quantitative estimate of drug-likeness (QED) is 0.520. The van der Waals surface area contributed by atoms with Crippen molar-refractivity contribution in [2.75, 3.05) is 26.5 Å². The number of halogens is 1. The fourth-order valence-corrected chi connectivity index (χ4v) is 4.45. The Labute approximate surface area is 206 Å². The molecule has 10 heteroatoms. The minimum atomic E-state index is -1.40. The van der Waals surface area contributed by atoms with Crippen LogP contribution < -0.4 is 34.3 Å². The number of aromatic nitrogens is 3. The third-order valence-electron chi connectivity index (χ3n) is 5.06. The zero-order valence-corrected chi connectivity index (χ0v) is 20.8. The Kier molecular flexibility index (Phi) is 8.23. The van der Waals surface area contributed by atoms with Gasteiger partial charge in [0.2, 0.25) is 5.79 Å². The summed E-state index contributed by atoms with van der Waals surface area (Å²) in [7, 11) is -1.40. The number of benzene rings is 1. The summed E-state index contributed by atoms with van der Waals surface area (Å²) in [4.78, 5) is 11.9. The van der Waals surface area contributed by atoms with Crippen LogP contribution in [-0.4, -0.2) is 51.4 Å².